The van der Waals surface area contributed by atoms with Gasteiger partial charge in [-0.15, -0.1) is 0 Å². The molecule has 0 amide bonds. The smallest absolute Gasteiger partial charge is 0.247 e. The minimum Gasteiger partial charge on any atom is -0.247 e. The summed E-state index contributed by atoms with van der Waals surface area (Å²) in [6, 6.07) is 6.14. The Hall–Kier alpha value is -1.12. The highest BCUT2D eigenvalue weighted by Gasteiger charge is 2.44. The zero-order chi connectivity index (χ0) is 11.7. The molecule has 0 bridgehead atoms. The van der Waals surface area contributed by atoms with Crippen LogP contribution < -0.4 is 5.84 Å². The number of nitrogens with two attached hydrogens (primary N) is 1. The Labute approximate surface area is 84.1 Å². The minimum absolute atomic E-state index is 0.509. The van der Waals surface area contributed by atoms with Crippen LogP contribution in [0.25, 0.3) is 0 Å². The quantitative estimate of drug-likeness (QED) is 0.478. The summed E-state index contributed by atoms with van der Waals surface area (Å²) in [7, 11) is -4.71. The predicted octanol–water partition coefficient (Wildman–Crippen LogP) is 1.07. The molecule has 0 spiro atoms. The number of rotatable bonds is 2. The van der Waals surface area contributed by atoms with Crippen LogP contribution in [0, 0.1) is 0 Å². The van der Waals surface area contributed by atoms with E-state index in [2.05, 4.69) is 5.84 Å². The summed E-state index contributed by atoms with van der Waals surface area (Å²) < 4.78 is 57.6. The molecule has 84 valence electrons. The zero-order valence-corrected chi connectivity index (χ0v) is 8.09. The van der Waals surface area contributed by atoms with E-state index in [1.54, 1.807) is 0 Å². The first-order valence-corrected chi connectivity index (χ1v) is 5.12. The van der Waals surface area contributed by atoms with E-state index in [-0.39, 0.29) is 0 Å². The van der Waals surface area contributed by atoms with Gasteiger partial charge in [0.25, 0.3) is 10.0 Å². The van der Waals surface area contributed by atoms with Crippen molar-refractivity contribution in [1.29, 1.82) is 0 Å². The Balaban J connectivity index is 3.16. The van der Waals surface area contributed by atoms with Gasteiger partial charge in [0.2, 0.25) is 0 Å². The number of hydrazine groups is 1. The number of nitrogens with zero attached hydrogens (tertiary/aromatic N) is 1. The number of sulfonamides is 1. The summed E-state index contributed by atoms with van der Waals surface area (Å²) in [5.41, 5.74) is 0. The van der Waals surface area contributed by atoms with E-state index < -0.39 is 25.6 Å². The third-order valence-electron chi connectivity index (χ3n) is 1.55. The van der Waals surface area contributed by atoms with Gasteiger partial charge in [0.05, 0.1) is 4.90 Å². The first-order chi connectivity index (χ1) is 6.76. The molecule has 1 aromatic carbocycles. The Morgan fingerprint density at radius 1 is 1.13 bits per heavy atom. The van der Waals surface area contributed by atoms with Crippen molar-refractivity contribution in [3.63, 3.8) is 0 Å². The molecule has 0 atom stereocenters. The second-order valence-corrected chi connectivity index (χ2v) is 4.40. The molecule has 1 rings (SSSR count). The molecule has 1 aromatic rings. The lowest BCUT2D eigenvalue weighted by Gasteiger charge is -2.18. The summed E-state index contributed by atoms with van der Waals surface area (Å²) in [6.45, 7) is 0. The van der Waals surface area contributed by atoms with E-state index in [1.165, 1.54) is 18.2 Å². The number of benzene rings is 1. The van der Waals surface area contributed by atoms with Gasteiger partial charge in [-0.3, -0.25) is 0 Å². The monoisotopic (exact) mass is 240 g/mol. The molecule has 2 N–H and O–H groups in total. The van der Waals surface area contributed by atoms with Gasteiger partial charge in [-0.1, -0.05) is 18.2 Å². The topological polar surface area (TPSA) is 63.4 Å². The second kappa shape index (κ2) is 3.80. The van der Waals surface area contributed by atoms with Gasteiger partial charge < -0.3 is 0 Å². The van der Waals surface area contributed by atoms with E-state index in [4.69, 9.17) is 0 Å². The van der Waals surface area contributed by atoms with Crippen LogP contribution in [-0.2, 0) is 10.0 Å². The SMILES string of the molecule is NN(C(F)(F)F)S(=O)(=O)c1ccccc1. The highest BCUT2D eigenvalue weighted by Crippen LogP contribution is 2.24. The summed E-state index contributed by atoms with van der Waals surface area (Å²) in [5.74, 6) is 4.48. The molecule has 8 heteroatoms. The average molecular weight is 240 g/mol. The van der Waals surface area contributed by atoms with Crippen LogP contribution in [0.15, 0.2) is 35.2 Å². The van der Waals surface area contributed by atoms with Crippen molar-refractivity contribution in [1.82, 2.24) is 4.41 Å². The minimum atomic E-state index is -5.13. The lowest BCUT2D eigenvalue weighted by molar-refractivity contribution is -0.211. The van der Waals surface area contributed by atoms with Crippen molar-refractivity contribution >= 4 is 10.0 Å². The fourth-order valence-electron chi connectivity index (χ4n) is 0.842. The zero-order valence-electron chi connectivity index (χ0n) is 7.27. The largest absolute Gasteiger partial charge is 0.487 e. The maximum atomic E-state index is 12.1. The van der Waals surface area contributed by atoms with E-state index in [0.717, 1.165) is 12.1 Å². The molecule has 15 heavy (non-hydrogen) atoms. The number of alkyl halides is 3. The van der Waals surface area contributed by atoms with Crippen LogP contribution in [-0.4, -0.2) is 19.1 Å². The molecule has 0 fully saturated rings. The van der Waals surface area contributed by atoms with Crippen LogP contribution in [0.5, 0.6) is 0 Å². The summed E-state index contributed by atoms with van der Waals surface area (Å²) >= 11 is 0. The molecule has 4 nitrogen and oxygen atoms in total. The maximum Gasteiger partial charge on any atom is 0.487 e. The normalized spacial score (nSPS) is 13.1. The average Bonchev–Trinajstić information content (AvgIpc) is 2.16. The third-order valence-corrected chi connectivity index (χ3v) is 3.14. The molecule has 0 radical (unpaired) electrons. The van der Waals surface area contributed by atoms with Crippen LogP contribution >= 0.6 is 0 Å². The lowest BCUT2D eigenvalue weighted by atomic mass is 10.4. The second-order valence-electron chi connectivity index (χ2n) is 2.58. The number of hydrogen-bond donors (Lipinski definition) is 1. The highest BCUT2D eigenvalue weighted by atomic mass is 32.2. The first-order valence-electron chi connectivity index (χ1n) is 3.68. The number of hydrogen-bond acceptors (Lipinski definition) is 3. The molecule has 0 unspecified atom stereocenters. The van der Waals surface area contributed by atoms with Gasteiger partial charge >= 0.3 is 6.30 Å². The van der Waals surface area contributed by atoms with Gasteiger partial charge in [0.15, 0.2) is 0 Å². The fourth-order valence-corrected chi connectivity index (χ4v) is 1.84. The van der Waals surface area contributed by atoms with Crippen molar-refractivity contribution in [3.8, 4) is 0 Å². The van der Waals surface area contributed by atoms with Gasteiger partial charge in [-0.25, -0.2) is 14.3 Å². The molecule has 0 saturated heterocycles. The van der Waals surface area contributed by atoms with E-state index in [1.807, 2.05) is 0 Å². The molecule has 0 heterocycles. The van der Waals surface area contributed by atoms with Crippen LogP contribution in [0.1, 0.15) is 0 Å². The third kappa shape index (κ3) is 2.46. The van der Waals surface area contributed by atoms with Crippen molar-refractivity contribution in [3.05, 3.63) is 30.3 Å². The Morgan fingerprint density at radius 2 is 1.60 bits per heavy atom. The van der Waals surface area contributed by atoms with Crippen molar-refractivity contribution in [2.75, 3.05) is 0 Å². The Bertz CT molecular complexity index is 429. The predicted molar refractivity (Wildman–Crippen MR) is 45.7 cm³/mol. The summed E-state index contributed by atoms with van der Waals surface area (Å²) in [5, 5.41) is 0. The van der Waals surface area contributed by atoms with E-state index in [9.17, 15) is 21.6 Å². The van der Waals surface area contributed by atoms with Crippen molar-refractivity contribution in [2.24, 2.45) is 5.84 Å². The number of halogens is 3. The van der Waals surface area contributed by atoms with E-state index in [0.29, 0.717) is 0 Å². The van der Waals surface area contributed by atoms with Crippen LogP contribution in [0.2, 0.25) is 0 Å². The maximum absolute atomic E-state index is 12.1. The lowest BCUT2D eigenvalue weighted by Crippen LogP contribution is -2.47. The highest BCUT2D eigenvalue weighted by molar-refractivity contribution is 7.89. The van der Waals surface area contributed by atoms with Crippen LogP contribution in [0.4, 0.5) is 13.2 Å². The van der Waals surface area contributed by atoms with Crippen LogP contribution in [0.3, 0.4) is 0 Å². The standard InChI is InChI=1S/C7H7F3N2O2S/c8-7(9,10)12(11)15(13,14)6-4-2-1-3-5-6/h1-5H,11H2. The van der Waals surface area contributed by atoms with Crippen molar-refractivity contribution in [2.45, 2.75) is 11.2 Å². The van der Waals surface area contributed by atoms with Gasteiger partial charge in [0, 0.05) is 0 Å². The van der Waals surface area contributed by atoms with Gasteiger partial charge in [-0.2, -0.15) is 13.2 Å². The van der Waals surface area contributed by atoms with Gasteiger partial charge in [-0.05, 0) is 16.5 Å². The Kier molecular flexibility index (Phi) is 3.03. The van der Waals surface area contributed by atoms with Gasteiger partial charge in [0.1, 0.15) is 0 Å². The molecule has 0 saturated carbocycles. The molecule has 0 aromatic heterocycles. The Morgan fingerprint density at radius 3 is 2.00 bits per heavy atom. The molecular formula is C7H7F3N2O2S. The van der Waals surface area contributed by atoms with Crippen molar-refractivity contribution < 1.29 is 21.6 Å². The molecule has 0 aliphatic heterocycles. The molecule has 0 aliphatic carbocycles. The van der Waals surface area contributed by atoms with E-state index >= 15 is 0 Å². The molecular weight excluding hydrogens is 233 g/mol. The summed E-state index contributed by atoms with van der Waals surface area (Å²) in [6.07, 6.45) is -5.13. The molecule has 0 aliphatic rings. The fraction of sp³-hybridized carbons (Fsp3) is 0.143. The summed E-state index contributed by atoms with van der Waals surface area (Å²) in [4.78, 5) is -0.509. The first kappa shape index (κ1) is 12.0.